The van der Waals surface area contributed by atoms with Gasteiger partial charge in [-0.2, -0.15) is 0 Å². The predicted molar refractivity (Wildman–Crippen MR) is 90.4 cm³/mol. The minimum absolute atomic E-state index is 0.00365. The molecule has 2 rings (SSSR count). The average molecular weight is 357 g/mol. The Bertz CT molecular complexity index is 624. The third-order valence-electron chi connectivity index (χ3n) is 3.52. The number of rotatable bonds is 3. The third-order valence-corrected chi connectivity index (χ3v) is 3.73. The molecule has 0 unspecified atom stereocenters. The average Bonchev–Trinajstić information content (AvgIpc) is 2.48. The van der Waals surface area contributed by atoms with Crippen molar-refractivity contribution in [2.75, 3.05) is 18.4 Å². The van der Waals surface area contributed by atoms with Crippen molar-refractivity contribution in [1.82, 2.24) is 9.88 Å². The molecule has 0 atom stereocenters. The van der Waals surface area contributed by atoms with E-state index in [1.165, 1.54) is 12.3 Å². The summed E-state index contributed by atoms with van der Waals surface area (Å²) in [5.41, 5.74) is -0.683. The van der Waals surface area contributed by atoms with E-state index < -0.39 is 10.5 Å². The molecule has 0 radical (unpaired) electrons. The van der Waals surface area contributed by atoms with Crippen molar-refractivity contribution in [2.45, 2.75) is 45.3 Å². The first-order chi connectivity index (χ1) is 11.2. The van der Waals surface area contributed by atoms with Crippen LogP contribution in [-0.2, 0) is 4.74 Å². The zero-order valence-electron chi connectivity index (χ0n) is 13.9. The molecule has 24 heavy (non-hydrogen) atoms. The van der Waals surface area contributed by atoms with Crippen LogP contribution >= 0.6 is 11.6 Å². The fourth-order valence-corrected chi connectivity index (χ4v) is 2.56. The molecule has 0 spiro atoms. The standard InChI is InChI=1S/C15H21ClN4O4/c1-15(2,3)24-14(21)19-6-4-11(5-7-19)18-13-12(20(22)23)8-10(16)9-17-13/h8-9,11H,4-7H2,1-3H3,(H,17,18). The van der Waals surface area contributed by atoms with Gasteiger partial charge in [0.05, 0.1) is 9.95 Å². The van der Waals surface area contributed by atoms with Gasteiger partial charge in [0.2, 0.25) is 5.82 Å². The molecular weight excluding hydrogens is 336 g/mol. The molecule has 0 aliphatic carbocycles. The molecule has 1 saturated heterocycles. The maximum atomic E-state index is 12.0. The van der Waals surface area contributed by atoms with E-state index in [0.717, 1.165) is 0 Å². The first kappa shape index (κ1) is 18.3. The van der Waals surface area contributed by atoms with Gasteiger partial charge in [0, 0.05) is 31.4 Å². The molecule has 132 valence electrons. The van der Waals surface area contributed by atoms with Gasteiger partial charge in [-0.25, -0.2) is 9.78 Å². The molecule has 2 heterocycles. The van der Waals surface area contributed by atoms with Gasteiger partial charge in [-0.3, -0.25) is 10.1 Å². The molecule has 1 aliphatic rings. The number of anilines is 1. The summed E-state index contributed by atoms with van der Waals surface area (Å²) >= 11 is 5.76. The van der Waals surface area contributed by atoms with Gasteiger partial charge in [-0.1, -0.05) is 11.6 Å². The normalized spacial score (nSPS) is 15.9. The predicted octanol–water partition coefficient (Wildman–Crippen LogP) is 3.45. The highest BCUT2D eigenvalue weighted by molar-refractivity contribution is 6.30. The zero-order chi connectivity index (χ0) is 17.9. The minimum atomic E-state index is -0.528. The second-order valence-electron chi connectivity index (χ2n) is 6.66. The molecule has 1 N–H and O–H groups in total. The first-order valence-electron chi connectivity index (χ1n) is 7.70. The molecule has 1 aromatic rings. The van der Waals surface area contributed by atoms with Crippen molar-refractivity contribution in [1.29, 1.82) is 0 Å². The molecule has 0 saturated carbocycles. The highest BCUT2D eigenvalue weighted by Gasteiger charge is 2.28. The van der Waals surface area contributed by atoms with Crippen molar-refractivity contribution < 1.29 is 14.5 Å². The number of ether oxygens (including phenoxy) is 1. The van der Waals surface area contributed by atoms with Gasteiger partial charge in [-0.05, 0) is 33.6 Å². The van der Waals surface area contributed by atoms with Crippen LogP contribution in [0.1, 0.15) is 33.6 Å². The number of amides is 1. The summed E-state index contributed by atoms with van der Waals surface area (Å²) in [4.78, 5) is 28.2. The lowest BCUT2D eigenvalue weighted by atomic mass is 10.1. The van der Waals surface area contributed by atoms with Crippen molar-refractivity contribution in [3.63, 3.8) is 0 Å². The summed E-state index contributed by atoms with van der Waals surface area (Å²) < 4.78 is 5.34. The zero-order valence-corrected chi connectivity index (χ0v) is 14.7. The molecule has 1 aromatic heterocycles. The summed E-state index contributed by atoms with van der Waals surface area (Å²) in [6.07, 6.45) is 2.34. The Hall–Kier alpha value is -2.09. The highest BCUT2D eigenvalue weighted by atomic mass is 35.5. The van der Waals surface area contributed by atoms with Crippen LogP contribution in [0.4, 0.5) is 16.3 Å². The van der Waals surface area contributed by atoms with Crippen molar-refractivity contribution in [3.05, 3.63) is 27.4 Å². The summed E-state index contributed by atoms with van der Waals surface area (Å²) in [5.74, 6) is 0.195. The number of carbonyl (C=O) groups excluding carboxylic acids is 1. The van der Waals surface area contributed by atoms with Crippen LogP contribution in [0, 0.1) is 10.1 Å². The summed E-state index contributed by atoms with van der Waals surface area (Å²) in [5, 5.41) is 14.4. The van der Waals surface area contributed by atoms with Gasteiger partial charge in [0.25, 0.3) is 0 Å². The lowest BCUT2D eigenvalue weighted by Gasteiger charge is -2.33. The number of nitrogens with zero attached hydrogens (tertiary/aromatic N) is 3. The largest absolute Gasteiger partial charge is 0.444 e. The fraction of sp³-hybridized carbons (Fsp3) is 0.600. The Morgan fingerprint density at radius 3 is 2.62 bits per heavy atom. The van der Waals surface area contributed by atoms with Gasteiger partial charge < -0.3 is 15.0 Å². The smallest absolute Gasteiger partial charge is 0.410 e. The number of hydrogen-bond donors (Lipinski definition) is 1. The van der Waals surface area contributed by atoms with Crippen molar-refractivity contribution in [2.24, 2.45) is 0 Å². The number of nitrogens with one attached hydrogen (secondary N) is 1. The Morgan fingerprint density at radius 1 is 1.46 bits per heavy atom. The highest BCUT2D eigenvalue weighted by Crippen LogP contribution is 2.27. The Kier molecular flexibility index (Phi) is 5.48. The van der Waals surface area contributed by atoms with Gasteiger partial charge in [0.1, 0.15) is 5.60 Å². The minimum Gasteiger partial charge on any atom is -0.444 e. The number of nitro groups is 1. The van der Waals surface area contributed by atoms with Crippen LogP contribution in [0.15, 0.2) is 12.3 Å². The quantitative estimate of drug-likeness (QED) is 0.658. The number of piperidine rings is 1. The maximum absolute atomic E-state index is 12.0. The number of pyridine rings is 1. The van der Waals surface area contributed by atoms with Crippen LogP contribution in [-0.4, -0.2) is 45.6 Å². The van der Waals surface area contributed by atoms with Crippen molar-refractivity contribution >= 4 is 29.2 Å². The summed E-state index contributed by atoms with van der Waals surface area (Å²) in [6, 6.07) is 1.27. The molecular formula is C15H21ClN4O4. The maximum Gasteiger partial charge on any atom is 0.410 e. The van der Waals surface area contributed by atoms with Crippen LogP contribution in [0.2, 0.25) is 5.02 Å². The molecule has 1 aliphatic heterocycles. The van der Waals surface area contributed by atoms with Crippen molar-refractivity contribution in [3.8, 4) is 0 Å². The summed E-state index contributed by atoms with van der Waals surface area (Å²) in [6.45, 7) is 6.52. The molecule has 8 nitrogen and oxygen atoms in total. The first-order valence-corrected chi connectivity index (χ1v) is 8.08. The molecule has 1 amide bonds. The Labute approximate surface area is 145 Å². The SMILES string of the molecule is CC(C)(C)OC(=O)N1CCC(Nc2ncc(Cl)cc2[N+](=O)[O-])CC1. The number of aromatic nitrogens is 1. The van der Waals surface area contributed by atoms with E-state index in [0.29, 0.717) is 25.9 Å². The van der Waals surface area contributed by atoms with E-state index >= 15 is 0 Å². The molecule has 9 heteroatoms. The van der Waals surface area contributed by atoms with E-state index in [1.807, 2.05) is 20.8 Å². The van der Waals surface area contributed by atoms with E-state index in [2.05, 4.69) is 10.3 Å². The number of halogens is 1. The van der Waals surface area contributed by atoms with E-state index in [9.17, 15) is 14.9 Å². The second-order valence-corrected chi connectivity index (χ2v) is 7.10. The number of likely N-dealkylation sites (tertiary alicyclic amines) is 1. The second kappa shape index (κ2) is 7.21. The summed E-state index contributed by atoms with van der Waals surface area (Å²) in [7, 11) is 0. The lowest BCUT2D eigenvalue weighted by Crippen LogP contribution is -2.44. The molecule has 1 fully saturated rings. The van der Waals surface area contributed by atoms with Crippen LogP contribution < -0.4 is 5.32 Å². The number of hydrogen-bond acceptors (Lipinski definition) is 6. The Morgan fingerprint density at radius 2 is 2.08 bits per heavy atom. The van der Waals surface area contributed by atoms with E-state index in [4.69, 9.17) is 16.3 Å². The van der Waals surface area contributed by atoms with E-state index in [-0.39, 0.29) is 28.7 Å². The molecule has 0 bridgehead atoms. The van der Waals surface area contributed by atoms with Gasteiger partial charge in [0.15, 0.2) is 0 Å². The van der Waals surface area contributed by atoms with Crippen LogP contribution in [0.25, 0.3) is 0 Å². The van der Waals surface area contributed by atoms with Crippen LogP contribution in [0.3, 0.4) is 0 Å². The topological polar surface area (TPSA) is 97.6 Å². The number of carbonyl (C=O) groups is 1. The monoisotopic (exact) mass is 356 g/mol. The van der Waals surface area contributed by atoms with Gasteiger partial charge >= 0.3 is 11.8 Å². The van der Waals surface area contributed by atoms with E-state index in [1.54, 1.807) is 4.90 Å². The fourth-order valence-electron chi connectivity index (χ4n) is 2.41. The Balaban J connectivity index is 1.94. The van der Waals surface area contributed by atoms with Crippen LogP contribution in [0.5, 0.6) is 0 Å². The lowest BCUT2D eigenvalue weighted by molar-refractivity contribution is -0.384. The molecule has 0 aromatic carbocycles. The van der Waals surface area contributed by atoms with Gasteiger partial charge in [-0.15, -0.1) is 0 Å². The third kappa shape index (κ3) is 4.95.